The maximum Gasteiger partial charge on any atom is 0.101 e. The van der Waals surface area contributed by atoms with E-state index in [4.69, 9.17) is 11.0 Å². The van der Waals surface area contributed by atoms with Gasteiger partial charge in [-0.2, -0.15) is 5.26 Å². The normalized spacial score (nSPS) is 10.1. The highest BCUT2D eigenvalue weighted by molar-refractivity contribution is 7.09. The molecule has 0 bridgehead atoms. The topological polar surface area (TPSA) is 65.9 Å². The standard InChI is InChI=1S/C13H14N4S/c1-9-13(18-8-16-9)7-17(2)12-4-3-11(15)5-10(12)6-14/h3-5,8H,7,15H2,1-2H3. The second-order valence-electron chi connectivity index (χ2n) is 4.11. The number of benzene rings is 1. The van der Waals surface area contributed by atoms with Crippen molar-refractivity contribution in [1.29, 1.82) is 5.26 Å². The highest BCUT2D eigenvalue weighted by atomic mass is 32.1. The second kappa shape index (κ2) is 5.07. The Morgan fingerprint density at radius 3 is 2.89 bits per heavy atom. The van der Waals surface area contributed by atoms with E-state index in [1.807, 2.05) is 36.5 Å². The molecule has 0 fully saturated rings. The molecule has 0 atom stereocenters. The van der Waals surface area contributed by atoms with Gasteiger partial charge >= 0.3 is 0 Å². The molecule has 2 aromatic rings. The third-order valence-electron chi connectivity index (χ3n) is 2.78. The van der Waals surface area contributed by atoms with Crippen LogP contribution in [0.1, 0.15) is 16.1 Å². The maximum atomic E-state index is 9.13. The summed E-state index contributed by atoms with van der Waals surface area (Å²) in [6, 6.07) is 7.57. The third-order valence-corrected chi connectivity index (χ3v) is 3.70. The molecule has 4 nitrogen and oxygen atoms in total. The Hall–Kier alpha value is -2.06. The lowest BCUT2D eigenvalue weighted by Gasteiger charge is -2.20. The Kier molecular flexibility index (Phi) is 3.49. The number of aromatic nitrogens is 1. The van der Waals surface area contributed by atoms with E-state index in [1.54, 1.807) is 17.4 Å². The summed E-state index contributed by atoms with van der Waals surface area (Å²) in [4.78, 5) is 7.47. The molecule has 92 valence electrons. The molecule has 0 unspecified atom stereocenters. The summed E-state index contributed by atoms with van der Waals surface area (Å²) in [6.45, 7) is 2.74. The van der Waals surface area contributed by atoms with Crippen LogP contribution < -0.4 is 10.6 Å². The van der Waals surface area contributed by atoms with Gasteiger partial charge in [0.15, 0.2) is 0 Å². The Morgan fingerprint density at radius 2 is 2.28 bits per heavy atom. The summed E-state index contributed by atoms with van der Waals surface area (Å²) >= 11 is 1.63. The molecular weight excluding hydrogens is 244 g/mol. The van der Waals surface area contributed by atoms with E-state index in [2.05, 4.69) is 11.1 Å². The highest BCUT2D eigenvalue weighted by Crippen LogP contribution is 2.24. The number of nitrogens with zero attached hydrogens (tertiary/aromatic N) is 3. The third kappa shape index (κ3) is 2.44. The molecule has 5 heteroatoms. The molecule has 0 aliphatic rings. The van der Waals surface area contributed by atoms with Gasteiger partial charge in [-0.15, -0.1) is 11.3 Å². The van der Waals surface area contributed by atoms with Gasteiger partial charge in [0.1, 0.15) is 6.07 Å². The van der Waals surface area contributed by atoms with Gasteiger partial charge in [0.2, 0.25) is 0 Å². The van der Waals surface area contributed by atoms with E-state index in [-0.39, 0.29) is 0 Å². The molecule has 0 radical (unpaired) electrons. The maximum absolute atomic E-state index is 9.13. The first-order valence-electron chi connectivity index (χ1n) is 5.51. The zero-order valence-electron chi connectivity index (χ0n) is 10.3. The van der Waals surface area contributed by atoms with Crippen LogP contribution >= 0.6 is 11.3 Å². The Morgan fingerprint density at radius 1 is 1.50 bits per heavy atom. The average Bonchev–Trinajstić information content (AvgIpc) is 2.74. The molecule has 2 rings (SSSR count). The molecule has 1 aromatic heterocycles. The van der Waals surface area contributed by atoms with Crippen molar-refractivity contribution in [3.8, 4) is 6.07 Å². The number of nitrogens with two attached hydrogens (primary N) is 1. The second-order valence-corrected chi connectivity index (χ2v) is 5.04. The van der Waals surface area contributed by atoms with E-state index < -0.39 is 0 Å². The predicted molar refractivity (Wildman–Crippen MR) is 74.5 cm³/mol. The number of rotatable bonds is 3. The van der Waals surface area contributed by atoms with Crippen molar-refractivity contribution >= 4 is 22.7 Å². The number of aryl methyl sites for hydroxylation is 1. The molecule has 0 aliphatic heterocycles. The van der Waals surface area contributed by atoms with E-state index in [0.717, 1.165) is 17.9 Å². The van der Waals surface area contributed by atoms with Crippen molar-refractivity contribution in [2.45, 2.75) is 13.5 Å². The highest BCUT2D eigenvalue weighted by Gasteiger charge is 2.10. The fourth-order valence-corrected chi connectivity index (χ4v) is 2.58. The first-order valence-corrected chi connectivity index (χ1v) is 6.39. The van der Waals surface area contributed by atoms with Crippen LogP contribution in [0.2, 0.25) is 0 Å². The minimum Gasteiger partial charge on any atom is -0.399 e. The molecule has 0 saturated carbocycles. The molecule has 0 amide bonds. The van der Waals surface area contributed by atoms with Gasteiger partial charge in [0.25, 0.3) is 0 Å². The summed E-state index contributed by atoms with van der Waals surface area (Å²) in [5, 5.41) is 9.13. The zero-order chi connectivity index (χ0) is 13.1. The van der Waals surface area contributed by atoms with E-state index in [0.29, 0.717) is 11.3 Å². The Balaban J connectivity index is 2.27. The summed E-state index contributed by atoms with van der Waals surface area (Å²) in [5.74, 6) is 0. The van der Waals surface area contributed by atoms with Gasteiger partial charge in [-0.1, -0.05) is 0 Å². The van der Waals surface area contributed by atoms with Gasteiger partial charge in [0.05, 0.1) is 29.0 Å². The molecule has 1 heterocycles. The molecular formula is C13H14N4S. The summed E-state index contributed by atoms with van der Waals surface area (Å²) in [5.41, 5.74) is 10.7. The van der Waals surface area contributed by atoms with Gasteiger partial charge in [-0.3, -0.25) is 0 Å². The lowest BCUT2D eigenvalue weighted by molar-refractivity contribution is 0.924. The van der Waals surface area contributed by atoms with Crippen molar-refractivity contribution in [2.24, 2.45) is 0 Å². The molecule has 18 heavy (non-hydrogen) atoms. The van der Waals surface area contributed by atoms with E-state index in [9.17, 15) is 0 Å². The van der Waals surface area contributed by atoms with Crippen LogP contribution in [0, 0.1) is 18.3 Å². The van der Waals surface area contributed by atoms with Crippen molar-refractivity contribution in [1.82, 2.24) is 4.98 Å². The minimum atomic E-state index is 0.597. The number of anilines is 2. The number of nitriles is 1. The van der Waals surface area contributed by atoms with Crippen LogP contribution in [-0.4, -0.2) is 12.0 Å². The average molecular weight is 258 g/mol. The van der Waals surface area contributed by atoms with Crippen LogP contribution in [-0.2, 0) is 6.54 Å². The summed E-state index contributed by atoms with van der Waals surface area (Å²) < 4.78 is 0. The first-order chi connectivity index (χ1) is 8.61. The van der Waals surface area contributed by atoms with Crippen LogP contribution in [0.15, 0.2) is 23.7 Å². The smallest absolute Gasteiger partial charge is 0.101 e. The van der Waals surface area contributed by atoms with Crippen LogP contribution in [0.25, 0.3) is 0 Å². The first kappa shape index (κ1) is 12.4. The Labute approximate surface area is 110 Å². The monoisotopic (exact) mass is 258 g/mol. The van der Waals surface area contributed by atoms with Gasteiger partial charge in [0, 0.05) is 17.6 Å². The van der Waals surface area contributed by atoms with Gasteiger partial charge in [-0.25, -0.2) is 4.98 Å². The fraction of sp³-hybridized carbons (Fsp3) is 0.231. The van der Waals surface area contributed by atoms with Gasteiger partial charge < -0.3 is 10.6 Å². The molecule has 2 N–H and O–H groups in total. The Bertz CT molecular complexity index is 597. The van der Waals surface area contributed by atoms with Crippen LogP contribution in [0.5, 0.6) is 0 Å². The molecule has 0 saturated heterocycles. The van der Waals surface area contributed by atoms with Crippen molar-refractivity contribution in [3.05, 3.63) is 39.8 Å². The van der Waals surface area contributed by atoms with Gasteiger partial charge in [-0.05, 0) is 25.1 Å². The van der Waals surface area contributed by atoms with Crippen LogP contribution in [0.3, 0.4) is 0 Å². The minimum absolute atomic E-state index is 0.597. The number of hydrogen-bond acceptors (Lipinski definition) is 5. The lowest BCUT2D eigenvalue weighted by Crippen LogP contribution is -2.17. The number of thiazole rings is 1. The largest absolute Gasteiger partial charge is 0.399 e. The SMILES string of the molecule is Cc1ncsc1CN(C)c1ccc(N)cc1C#N. The van der Waals surface area contributed by atoms with Crippen molar-refractivity contribution in [2.75, 3.05) is 17.7 Å². The zero-order valence-corrected chi connectivity index (χ0v) is 11.2. The van der Waals surface area contributed by atoms with Crippen molar-refractivity contribution in [3.63, 3.8) is 0 Å². The number of nitrogen functional groups attached to an aromatic ring is 1. The van der Waals surface area contributed by atoms with Crippen LogP contribution in [0.4, 0.5) is 11.4 Å². The van der Waals surface area contributed by atoms with E-state index >= 15 is 0 Å². The predicted octanol–water partition coefficient (Wildman–Crippen LogP) is 2.54. The van der Waals surface area contributed by atoms with E-state index in [1.165, 1.54) is 4.88 Å². The molecule has 1 aromatic carbocycles. The summed E-state index contributed by atoms with van der Waals surface area (Å²) in [6.07, 6.45) is 0. The lowest BCUT2D eigenvalue weighted by atomic mass is 10.1. The molecule has 0 spiro atoms. The quantitative estimate of drug-likeness (QED) is 0.859. The summed E-state index contributed by atoms with van der Waals surface area (Å²) in [7, 11) is 1.96. The number of hydrogen-bond donors (Lipinski definition) is 1. The van der Waals surface area contributed by atoms with Crippen molar-refractivity contribution < 1.29 is 0 Å². The molecule has 0 aliphatic carbocycles. The fourth-order valence-electron chi connectivity index (χ4n) is 1.75.